The van der Waals surface area contributed by atoms with Crippen molar-refractivity contribution in [3.63, 3.8) is 0 Å². The molecule has 1 rings (SSSR count). The van der Waals surface area contributed by atoms with Gasteiger partial charge in [-0.05, 0) is 31.5 Å². The van der Waals surface area contributed by atoms with Crippen molar-refractivity contribution in [2.75, 3.05) is 0 Å². The minimum Gasteiger partial charge on any atom is -0.293 e. The quantitative estimate of drug-likeness (QED) is 0.601. The molecule has 0 aromatic heterocycles. The summed E-state index contributed by atoms with van der Waals surface area (Å²) in [6.07, 6.45) is 0. The standard InChI is InChI=1S/C10H10Br2O/c1-6-5-8(3-4-9(6)12)10(13)7(2)11/h3-5,7H,1-2H3. The molecule has 1 atom stereocenters. The summed E-state index contributed by atoms with van der Waals surface area (Å²) < 4.78 is 1.03. The average Bonchev–Trinajstić information content (AvgIpc) is 2.08. The molecule has 3 heteroatoms. The summed E-state index contributed by atoms with van der Waals surface area (Å²) in [5.74, 6) is 0.121. The minimum absolute atomic E-state index is 0.118. The second-order valence-electron chi connectivity index (χ2n) is 2.94. The lowest BCUT2D eigenvalue weighted by Gasteiger charge is -2.04. The highest BCUT2D eigenvalue weighted by atomic mass is 79.9. The van der Waals surface area contributed by atoms with Gasteiger partial charge in [-0.2, -0.15) is 0 Å². The van der Waals surface area contributed by atoms with Crippen molar-refractivity contribution in [2.45, 2.75) is 18.7 Å². The lowest BCUT2D eigenvalue weighted by atomic mass is 10.1. The number of benzene rings is 1. The van der Waals surface area contributed by atoms with Crippen LogP contribution < -0.4 is 0 Å². The first-order chi connectivity index (χ1) is 6.02. The Balaban J connectivity index is 3.04. The van der Waals surface area contributed by atoms with E-state index in [9.17, 15) is 4.79 Å². The van der Waals surface area contributed by atoms with Gasteiger partial charge in [0, 0.05) is 10.0 Å². The number of aryl methyl sites for hydroxylation is 1. The van der Waals surface area contributed by atoms with Gasteiger partial charge in [-0.25, -0.2) is 0 Å². The highest BCUT2D eigenvalue weighted by Gasteiger charge is 2.11. The van der Waals surface area contributed by atoms with Crippen LogP contribution in [0.15, 0.2) is 22.7 Å². The topological polar surface area (TPSA) is 17.1 Å². The number of Topliss-reactive ketones (excluding diaryl/α,β-unsaturated/α-hetero) is 1. The molecule has 0 heterocycles. The van der Waals surface area contributed by atoms with Crippen molar-refractivity contribution in [1.82, 2.24) is 0 Å². The van der Waals surface area contributed by atoms with Gasteiger partial charge in [0.05, 0.1) is 4.83 Å². The predicted molar refractivity (Wildman–Crippen MR) is 61.6 cm³/mol. The minimum atomic E-state index is -0.118. The first-order valence-electron chi connectivity index (χ1n) is 3.97. The molecule has 0 N–H and O–H groups in total. The fourth-order valence-electron chi connectivity index (χ4n) is 1.03. The second-order valence-corrected chi connectivity index (χ2v) is 5.17. The number of hydrogen-bond acceptors (Lipinski definition) is 1. The van der Waals surface area contributed by atoms with E-state index in [4.69, 9.17) is 0 Å². The summed E-state index contributed by atoms with van der Waals surface area (Å²) >= 11 is 6.65. The maximum atomic E-state index is 11.5. The highest BCUT2D eigenvalue weighted by Crippen LogP contribution is 2.19. The van der Waals surface area contributed by atoms with E-state index in [1.807, 2.05) is 32.0 Å². The van der Waals surface area contributed by atoms with E-state index in [2.05, 4.69) is 31.9 Å². The van der Waals surface area contributed by atoms with Gasteiger partial charge in [-0.1, -0.05) is 37.9 Å². The maximum absolute atomic E-state index is 11.5. The molecule has 1 unspecified atom stereocenters. The number of alkyl halides is 1. The molecule has 13 heavy (non-hydrogen) atoms. The smallest absolute Gasteiger partial charge is 0.176 e. The zero-order valence-electron chi connectivity index (χ0n) is 7.47. The summed E-state index contributed by atoms with van der Waals surface area (Å²) in [6, 6.07) is 5.62. The number of halogens is 2. The molecule has 0 aliphatic rings. The molecule has 0 amide bonds. The molecule has 0 fully saturated rings. The fraction of sp³-hybridized carbons (Fsp3) is 0.300. The zero-order valence-corrected chi connectivity index (χ0v) is 10.6. The SMILES string of the molecule is Cc1cc(C(=O)C(C)Br)ccc1Br. The Morgan fingerprint density at radius 3 is 2.54 bits per heavy atom. The predicted octanol–water partition coefficient (Wildman–Crippen LogP) is 3.72. The van der Waals surface area contributed by atoms with Crippen LogP contribution >= 0.6 is 31.9 Å². The largest absolute Gasteiger partial charge is 0.293 e. The first-order valence-corrected chi connectivity index (χ1v) is 5.67. The normalized spacial score (nSPS) is 12.6. The second kappa shape index (κ2) is 4.38. The summed E-state index contributed by atoms with van der Waals surface area (Å²) in [5, 5.41) is 0. The average molecular weight is 306 g/mol. The Labute approximate surface area is 94.8 Å². The molecular formula is C10H10Br2O. The Hall–Kier alpha value is -0.150. The molecule has 0 aliphatic heterocycles. The van der Waals surface area contributed by atoms with Gasteiger partial charge in [0.2, 0.25) is 0 Å². The number of carbonyl (C=O) groups is 1. The number of rotatable bonds is 2. The maximum Gasteiger partial charge on any atom is 0.176 e. The van der Waals surface area contributed by atoms with E-state index >= 15 is 0 Å². The van der Waals surface area contributed by atoms with E-state index in [1.54, 1.807) is 0 Å². The van der Waals surface area contributed by atoms with Gasteiger partial charge in [-0.15, -0.1) is 0 Å². The monoisotopic (exact) mass is 304 g/mol. The van der Waals surface area contributed by atoms with E-state index in [0.717, 1.165) is 15.6 Å². The molecule has 0 spiro atoms. The molecule has 1 aromatic carbocycles. The molecule has 0 aliphatic carbocycles. The molecule has 0 radical (unpaired) electrons. The van der Waals surface area contributed by atoms with Crippen LogP contribution in [-0.4, -0.2) is 10.6 Å². The summed E-state index contributed by atoms with van der Waals surface area (Å²) in [4.78, 5) is 11.4. The first kappa shape index (κ1) is 10.9. The van der Waals surface area contributed by atoms with Crippen LogP contribution in [0.1, 0.15) is 22.8 Å². The third kappa shape index (κ3) is 2.64. The van der Waals surface area contributed by atoms with Crippen molar-refractivity contribution in [3.05, 3.63) is 33.8 Å². The van der Waals surface area contributed by atoms with Crippen LogP contribution in [0.5, 0.6) is 0 Å². The highest BCUT2D eigenvalue weighted by molar-refractivity contribution is 9.10. The van der Waals surface area contributed by atoms with Crippen LogP contribution in [0.2, 0.25) is 0 Å². The van der Waals surface area contributed by atoms with Crippen LogP contribution in [0.4, 0.5) is 0 Å². The number of carbonyl (C=O) groups excluding carboxylic acids is 1. The fourth-order valence-corrected chi connectivity index (χ4v) is 1.54. The van der Waals surface area contributed by atoms with E-state index < -0.39 is 0 Å². The number of hydrogen-bond donors (Lipinski definition) is 0. The Morgan fingerprint density at radius 1 is 1.46 bits per heavy atom. The summed E-state index contributed by atoms with van der Waals surface area (Å²) in [7, 11) is 0. The lowest BCUT2D eigenvalue weighted by molar-refractivity contribution is 0.0996. The molecule has 1 nitrogen and oxygen atoms in total. The number of ketones is 1. The molecule has 0 bridgehead atoms. The molecule has 70 valence electrons. The van der Waals surface area contributed by atoms with Crippen molar-refractivity contribution in [1.29, 1.82) is 0 Å². The van der Waals surface area contributed by atoms with E-state index in [0.29, 0.717) is 0 Å². The zero-order chi connectivity index (χ0) is 10.0. The van der Waals surface area contributed by atoms with Gasteiger partial charge < -0.3 is 0 Å². The molecule has 0 saturated heterocycles. The van der Waals surface area contributed by atoms with Gasteiger partial charge >= 0.3 is 0 Å². The van der Waals surface area contributed by atoms with Crippen LogP contribution in [0.3, 0.4) is 0 Å². The van der Waals surface area contributed by atoms with Crippen LogP contribution in [0, 0.1) is 6.92 Å². The van der Waals surface area contributed by atoms with Crippen molar-refractivity contribution < 1.29 is 4.79 Å². The molecule has 1 aromatic rings. The van der Waals surface area contributed by atoms with Gasteiger partial charge in [0.25, 0.3) is 0 Å². The Morgan fingerprint density at radius 2 is 2.08 bits per heavy atom. The third-order valence-electron chi connectivity index (χ3n) is 1.80. The molecular weight excluding hydrogens is 296 g/mol. The Kier molecular flexibility index (Phi) is 3.68. The van der Waals surface area contributed by atoms with Crippen molar-refractivity contribution >= 4 is 37.6 Å². The van der Waals surface area contributed by atoms with E-state index in [-0.39, 0.29) is 10.6 Å². The Bertz CT molecular complexity index is 332. The summed E-state index contributed by atoms with van der Waals surface area (Å²) in [6.45, 7) is 3.81. The lowest BCUT2D eigenvalue weighted by Crippen LogP contribution is -2.09. The third-order valence-corrected chi connectivity index (χ3v) is 3.11. The van der Waals surface area contributed by atoms with Crippen molar-refractivity contribution in [3.8, 4) is 0 Å². The van der Waals surface area contributed by atoms with Gasteiger partial charge in [0.15, 0.2) is 5.78 Å². The van der Waals surface area contributed by atoms with Crippen LogP contribution in [-0.2, 0) is 0 Å². The van der Waals surface area contributed by atoms with E-state index in [1.165, 1.54) is 0 Å². The molecule has 0 saturated carbocycles. The summed E-state index contributed by atoms with van der Waals surface area (Å²) in [5.41, 5.74) is 1.84. The van der Waals surface area contributed by atoms with Crippen LogP contribution in [0.25, 0.3) is 0 Å². The van der Waals surface area contributed by atoms with Gasteiger partial charge in [0.1, 0.15) is 0 Å². The van der Waals surface area contributed by atoms with Gasteiger partial charge in [-0.3, -0.25) is 4.79 Å². The van der Waals surface area contributed by atoms with Crippen molar-refractivity contribution in [2.24, 2.45) is 0 Å².